The molecule has 0 saturated heterocycles. The van der Waals surface area contributed by atoms with Crippen LogP contribution in [-0.4, -0.2) is 15.9 Å². The average Bonchev–Trinajstić information content (AvgIpc) is 3.07. The second kappa shape index (κ2) is 5.18. The van der Waals surface area contributed by atoms with E-state index < -0.39 is 0 Å². The molecule has 0 unspecified atom stereocenters. The van der Waals surface area contributed by atoms with Gasteiger partial charge in [-0.1, -0.05) is 37.5 Å². The second-order valence-corrected chi connectivity index (χ2v) is 7.66. The Hall–Kier alpha value is -2.14. The van der Waals surface area contributed by atoms with E-state index in [-0.39, 0.29) is 11.2 Å². The van der Waals surface area contributed by atoms with Crippen LogP contribution >= 0.6 is 11.6 Å². The molecule has 0 aliphatic heterocycles. The van der Waals surface area contributed by atoms with E-state index >= 15 is 0 Å². The average molecular weight is 345 g/mol. The first-order valence-corrected chi connectivity index (χ1v) is 8.33. The summed E-state index contributed by atoms with van der Waals surface area (Å²) in [6.07, 6.45) is 3.54. The first-order chi connectivity index (χ1) is 11.4. The third kappa shape index (κ3) is 2.44. The Balaban J connectivity index is 1.87. The quantitative estimate of drug-likeness (QED) is 0.633. The number of nitrogens with zero attached hydrogens (tertiary/aromatic N) is 2. The van der Waals surface area contributed by atoms with Crippen molar-refractivity contribution in [2.24, 2.45) is 0 Å². The third-order valence-corrected chi connectivity index (χ3v) is 4.48. The lowest BCUT2D eigenvalue weighted by atomic mass is 9.97. The summed E-state index contributed by atoms with van der Waals surface area (Å²) < 4.78 is 11.2. The van der Waals surface area contributed by atoms with Crippen LogP contribution in [-0.2, 0) is 5.41 Å². The molecule has 0 bridgehead atoms. The van der Waals surface area contributed by atoms with Crippen molar-refractivity contribution in [1.29, 1.82) is 0 Å². The highest BCUT2D eigenvalue weighted by Gasteiger charge is 2.34. The van der Waals surface area contributed by atoms with E-state index in [2.05, 4.69) is 10.1 Å². The molecule has 24 heavy (non-hydrogen) atoms. The molecule has 0 radical (unpaired) electrons. The van der Waals surface area contributed by atoms with Crippen LogP contribution in [0.25, 0.3) is 11.1 Å². The fourth-order valence-electron chi connectivity index (χ4n) is 2.68. The van der Waals surface area contributed by atoms with Crippen LogP contribution in [0, 0.1) is 0 Å². The van der Waals surface area contributed by atoms with E-state index in [1.54, 1.807) is 12.1 Å². The SMILES string of the molecule is CC(C)(C)c1nc2c(Cl)ccc(C(=O)c3cnoc3C3CC3)c2o1. The molecular weight excluding hydrogens is 328 g/mol. The van der Waals surface area contributed by atoms with Gasteiger partial charge in [-0.05, 0) is 25.0 Å². The highest BCUT2D eigenvalue weighted by Crippen LogP contribution is 2.42. The normalized spacial score (nSPS) is 15.2. The van der Waals surface area contributed by atoms with Crippen LogP contribution in [0.2, 0.25) is 5.02 Å². The summed E-state index contributed by atoms with van der Waals surface area (Å²) in [5.74, 6) is 1.34. The number of carbonyl (C=O) groups excluding carboxylic acids is 1. The molecule has 5 nitrogen and oxygen atoms in total. The minimum absolute atomic E-state index is 0.170. The van der Waals surface area contributed by atoms with Gasteiger partial charge < -0.3 is 8.94 Å². The van der Waals surface area contributed by atoms with Crippen molar-refractivity contribution in [3.8, 4) is 0 Å². The van der Waals surface area contributed by atoms with Gasteiger partial charge in [0.15, 0.2) is 11.3 Å². The van der Waals surface area contributed by atoms with Gasteiger partial charge in [0.05, 0.1) is 22.3 Å². The van der Waals surface area contributed by atoms with Crippen molar-refractivity contribution >= 4 is 28.5 Å². The van der Waals surface area contributed by atoms with E-state index in [4.69, 9.17) is 20.5 Å². The molecule has 0 spiro atoms. The zero-order chi connectivity index (χ0) is 17.1. The molecule has 0 atom stereocenters. The number of carbonyl (C=O) groups is 1. The van der Waals surface area contributed by atoms with Crippen LogP contribution < -0.4 is 0 Å². The predicted molar refractivity (Wildman–Crippen MR) is 89.6 cm³/mol. The standard InChI is InChI=1S/C18H17ClN2O3/c1-18(2,3)17-21-13-12(19)7-6-10(16(13)23-17)14(22)11-8-20-24-15(11)9-4-5-9/h6-9H,4-5H2,1-3H3. The molecule has 1 saturated carbocycles. The van der Waals surface area contributed by atoms with Gasteiger partial charge in [-0.2, -0.15) is 0 Å². The molecule has 0 N–H and O–H groups in total. The van der Waals surface area contributed by atoms with Crippen molar-refractivity contribution in [2.75, 3.05) is 0 Å². The number of halogens is 1. The topological polar surface area (TPSA) is 69.1 Å². The number of benzene rings is 1. The number of fused-ring (bicyclic) bond motifs is 1. The lowest BCUT2D eigenvalue weighted by molar-refractivity contribution is 0.103. The van der Waals surface area contributed by atoms with Crippen LogP contribution in [0.3, 0.4) is 0 Å². The van der Waals surface area contributed by atoms with Gasteiger partial charge in [0.2, 0.25) is 11.7 Å². The smallest absolute Gasteiger partial charge is 0.202 e. The van der Waals surface area contributed by atoms with Crippen molar-refractivity contribution in [3.63, 3.8) is 0 Å². The summed E-state index contributed by atoms with van der Waals surface area (Å²) in [6.45, 7) is 5.99. The molecule has 2 aromatic heterocycles. The lowest BCUT2D eigenvalue weighted by Crippen LogP contribution is -2.11. The van der Waals surface area contributed by atoms with Crippen LogP contribution in [0.1, 0.15) is 67.1 Å². The molecule has 1 aromatic carbocycles. The molecule has 1 aliphatic carbocycles. The Kier molecular flexibility index (Phi) is 3.32. The highest BCUT2D eigenvalue weighted by molar-refractivity contribution is 6.35. The fourth-order valence-corrected chi connectivity index (χ4v) is 2.87. The zero-order valence-electron chi connectivity index (χ0n) is 13.7. The van der Waals surface area contributed by atoms with Crippen LogP contribution in [0.4, 0.5) is 0 Å². The van der Waals surface area contributed by atoms with Gasteiger partial charge in [-0.3, -0.25) is 4.79 Å². The van der Waals surface area contributed by atoms with Gasteiger partial charge in [0.1, 0.15) is 5.52 Å². The molecule has 124 valence electrons. The largest absolute Gasteiger partial charge is 0.439 e. The summed E-state index contributed by atoms with van der Waals surface area (Å²) in [5.41, 5.74) is 1.58. The van der Waals surface area contributed by atoms with Gasteiger partial charge in [-0.15, -0.1) is 0 Å². The number of aromatic nitrogens is 2. The van der Waals surface area contributed by atoms with Gasteiger partial charge in [0.25, 0.3) is 0 Å². The van der Waals surface area contributed by atoms with Gasteiger partial charge >= 0.3 is 0 Å². The Morgan fingerprint density at radius 1 is 1.25 bits per heavy atom. The summed E-state index contributed by atoms with van der Waals surface area (Å²) in [7, 11) is 0. The number of rotatable bonds is 3. The Morgan fingerprint density at radius 2 is 2.00 bits per heavy atom. The Bertz CT molecular complexity index is 945. The summed E-state index contributed by atoms with van der Waals surface area (Å²) >= 11 is 6.25. The van der Waals surface area contributed by atoms with Crippen molar-refractivity contribution < 1.29 is 13.7 Å². The highest BCUT2D eigenvalue weighted by atomic mass is 35.5. The number of oxazole rings is 1. The second-order valence-electron chi connectivity index (χ2n) is 7.25. The monoisotopic (exact) mass is 344 g/mol. The minimum atomic E-state index is -0.279. The summed E-state index contributed by atoms with van der Waals surface area (Å²) in [6, 6.07) is 3.35. The maximum atomic E-state index is 13.0. The molecule has 3 aromatic rings. The predicted octanol–water partition coefficient (Wildman–Crippen LogP) is 4.88. The maximum absolute atomic E-state index is 13.0. The maximum Gasteiger partial charge on any atom is 0.202 e. The lowest BCUT2D eigenvalue weighted by Gasteiger charge is -2.11. The summed E-state index contributed by atoms with van der Waals surface area (Å²) in [5, 5.41) is 4.27. The summed E-state index contributed by atoms with van der Waals surface area (Å²) in [4.78, 5) is 17.5. The Labute approximate surface area is 144 Å². The van der Waals surface area contributed by atoms with E-state index in [1.807, 2.05) is 20.8 Å². The third-order valence-electron chi connectivity index (χ3n) is 4.17. The first kappa shape index (κ1) is 15.4. The Morgan fingerprint density at radius 3 is 2.67 bits per heavy atom. The molecule has 4 rings (SSSR count). The number of hydrogen-bond acceptors (Lipinski definition) is 5. The molecule has 6 heteroatoms. The van der Waals surface area contributed by atoms with Gasteiger partial charge in [-0.25, -0.2) is 4.98 Å². The molecule has 2 heterocycles. The zero-order valence-corrected chi connectivity index (χ0v) is 14.5. The number of ketones is 1. The molecule has 0 amide bonds. The van der Waals surface area contributed by atoms with Crippen molar-refractivity contribution in [1.82, 2.24) is 10.1 Å². The molecular formula is C18H17ClN2O3. The van der Waals surface area contributed by atoms with Gasteiger partial charge in [0, 0.05) is 11.3 Å². The van der Waals surface area contributed by atoms with Crippen molar-refractivity contribution in [3.05, 3.63) is 46.1 Å². The number of hydrogen-bond donors (Lipinski definition) is 0. The molecule has 1 aliphatic rings. The van der Waals surface area contributed by atoms with E-state index in [0.717, 1.165) is 12.8 Å². The van der Waals surface area contributed by atoms with E-state index in [0.29, 0.717) is 44.8 Å². The first-order valence-electron chi connectivity index (χ1n) is 7.95. The van der Waals surface area contributed by atoms with Crippen LogP contribution in [0.15, 0.2) is 27.3 Å². The van der Waals surface area contributed by atoms with Crippen LogP contribution in [0.5, 0.6) is 0 Å². The fraction of sp³-hybridized carbons (Fsp3) is 0.389. The van der Waals surface area contributed by atoms with E-state index in [9.17, 15) is 4.79 Å². The van der Waals surface area contributed by atoms with E-state index in [1.165, 1.54) is 6.20 Å². The minimum Gasteiger partial charge on any atom is -0.439 e. The molecule has 1 fully saturated rings. The van der Waals surface area contributed by atoms with Crippen molar-refractivity contribution in [2.45, 2.75) is 44.9 Å².